The van der Waals surface area contributed by atoms with Gasteiger partial charge in [0.25, 0.3) is 0 Å². The number of nitrogens with one attached hydrogen (secondary N) is 1. The first-order chi connectivity index (χ1) is 13.4. The predicted octanol–water partition coefficient (Wildman–Crippen LogP) is 3.18. The summed E-state index contributed by atoms with van der Waals surface area (Å²) in [7, 11) is -2.34. The van der Waals surface area contributed by atoms with Gasteiger partial charge in [-0.3, -0.25) is 9.10 Å². The lowest BCUT2D eigenvalue weighted by Crippen LogP contribution is -2.47. The second-order valence-corrected chi connectivity index (χ2v) is 8.21. The highest BCUT2D eigenvalue weighted by Crippen LogP contribution is 2.29. The number of benzene rings is 2. The number of halogens is 3. The van der Waals surface area contributed by atoms with Crippen LogP contribution in [0.3, 0.4) is 0 Å². The van der Waals surface area contributed by atoms with E-state index in [4.69, 9.17) is 4.74 Å². The molecule has 0 fully saturated rings. The molecule has 0 aliphatic carbocycles. The SMILES string of the molecule is COc1ccc(N([C@H](C)C(=O)NCc2cccc(C(F)(F)F)c2)S(C)(=O)=O)cc1. The minimum atomic E-state index is -4.49. The van der Waals surface area contributed by atoms with Gasteiger partial charge in [0, 0.05) is 6.54 Å². The van der Waals surface area contributed by atoms with E-state index in [0.717, 1.165) is 22.7 Å². The smallest absolute Gasteiger partial charge is 0.416 e. The summed E-state index contributed by atoms with van der Waals surface area (Å²) >= 11 is 0. The Kier molecular flexibility index (Phi) is 6.78. The van der Waals surface area contributed by atoms with E-state index in [1.807, 2.05) is 0 Å². The molecule has 0 spiro atoms. The number of nitrogens with zero attached hydrogens (tertiary/aromatic N) is 1. The van der Waals surface area contributed by atoms with E-state index in [1.54, 1.807) is 12.1 Å². The van der Waals surface area contributed by atoms with Crippen LogP contribution in [-0.4, -0.2) is 33.7 Å². The third-order valence-electron chi connectivity index (χ3n) is 4.14. The van der Waals surface area contributed by atoms with Gasteiger partial charge >= 0.3 is 6.18 Å². The summed E-state index contributed by atoms with van der Waals surface area (Å²) in [4.78, 5) is 12.5. The zero-order chi connectivity index (χ0) is 21.8. The molecule has 0 aromatic heterocycles. The van der Waals surface area contributed by atoms with Crippen molar-refractivity contribution in [1.82, 2.24) is 5.32 Å². The zero-order valence-electron chi connectivity index (χ0n) is 16.0. The number of rotatable bonds is 7. The molecule has 0 unspecified atom stereocenters. The topological polar surface area (TPSA) is 75.7 Å². The monoisotopic (exact) mass is 430 g/mol. The van der Waals surface area contributed by atoms with E-state index in [0.29, 0.717) is 5.75 Å². The van der Waals surface area contributed by atoms with Crippen molar-refractivity contribution in [1.29, 1.82) is 0 Å². The molecule has 0 aliphatic heterocycles. The maximum atomic E-state index is 12.8. The quantitative estimate of drug-likeness (QED) is 0.732. The Labute approximate surface area is 167 Å². The van der Waals surface area contributed by atoms with E-state index < -0.39 is 33.7 Å². The lowest BCUT2D eigenvalue weighted by molar-refractivity contribution is -0.137. The Morgan fingerprint density at radius 1 is 1.17 bits per heavy atom. The van der Waals surface area contributed by atoms with Crippen LogP contribution >= 0.6 is 0 Å². The van der Waals surface area contributed by atoms with Gasteiger partial charge in [0.1, 0.15) is 11.8 Å². The first-order valence-corrected chi connectivity index (χ1v) is 10.4. The van der Waals surface area contributed by atoms with Crippen LogP contribution in [0, 0.1) is 0 Å². The van der Waals surface area contributed by atoms with Crippen molar-refractivity contribution in [3.05, 3.63) is 59.7 Å². The van der Waals surface area contributed by atoms with Gasteiger partial charge in [-0.1, -0.05) is 12.1 Å². The van der Waals surface area contributed by atoms with Crippen molar-refractivity contribution in [2.24, 2.45) is 0 Å². The molecule has 0 saturated carbocycles. The molecule has 158 valence electrons. The summed E-state index contributed by atoms with van der Waals surface area (Å²) in [6, 6.07) is 9.54. The first-order valence-electron chi connectivity index (χ1n) is 8.51. The Balaban J connectivity index is 2.17. The number of carbonyl (C=O) groups is 1. The largest absolute Gasteiger partial charge is 0.497 e. The second kappa shape index (κ2) is 8.73. The molecule has 2 aromatic carbocycles. The molecule has 0 aliphatic rings. The van der Waals surface area contributed by atoms with Crippen LogP contribution in [0.25, 0.3) is 0 Å². The minimum Gasteiger partial charge on any atom is -0.497 e. The summed E-state index contributed by atoms with van der Waals surface area (Å²) in [5, 5.41) is 2.49. The number of alkyl halides is 3. The number of methoxy groups -OCH3 is 1. The summed E-state index contributed by atoms with van der Waals surface area (Å²) in [6.45, 7) is 1.22. The Morgan fingerprint density at radius 3 is 2.31 bits per heavy atom. The Bertz CT molecular complexity index is 960. The lowest BCUT2D eigenvalue weighted by Gasteiger charge is -2.28. The molecule has 6 nitrogen and oxygen atoms in total. The van der Waals surface area contributed by atoms with Crippen molar-refractivity contribution in [2.45, 2.75) is 25.7 Å². The standard InChI is InChI=1S/C19H21F3N2O4S/c1-13(24(29(3,26)27)16-7-9-17(28-2)10-8-16)18(25)23-12-14-5-4-6-15(11-14)19(20,21)22/h4-11,13H,12H2,1-3H3,(H,23,25)/t13-/m1/s1. The third kappa shape index (κ3) is 5.86. The lowest BCUT2D eigenvalue weighted by atomic mass is 10.1. The molecule has 0 bridgehead atoms. The fourth-order valence-electron chi connectivity index (χ4n) is 2.73. The number of hydrogen-bond acceptors (Lipinski definition) is 4. The number of anilines is 1. The van der Waals surface area contributed by atoms with Crippen molar-refractivity contribution < 1.29 is 31.1 Å². The molecule has 0 heterocycles. The predicted molar refractivity (Wildman–Crippen MR) is 103 cm³/mol. The molecule has 0 radical (unpaired) electrons. The van der Waals surface area contributed by atoms with Gasteiger partial charge in [-0.15, -0.1) is 0 Å². The molecular weight excluding hydrogens is 409 g/mol. The van der Waals surface area contributed by atoms with Gasteiger partial charge in [0.05, 0.1) is 24.6 Å². The van der Waals surface area contributed by atoms with Gasteiger partial charge in [0.15, 0.2) is 0 Å². The van der Waals surface area contributed by atoms with Gasteiger partial charge in [-0.25, -0.2) is 8.42 Å². The molecule has 1 amide bonds. The maximum Gasteiger partial charge on any atom is 0.416 e. The normalized spacial score (nSPS) is 12.9. The van der Waals surface area contributed by atoms with Crippen molar-refractivity contribution in [2.75, 3.05) is 17.7 Å². The van der Waals surface area contributed by atoms with Gasteiger partial charge < -0.3 is 10.1 Å². The molecule has 1 N–H and O–H groups in total. The van der Waals surface area contributed by atoms with E-state index in [2.05, 4.69) is 5.32 Å². The number of hydrogen-bond donors (Lipinski definition) is 1. The highest BCUT2D eigenvalue weighted by molar-refractivity contribution is 7.92. The Morgan fingerprint density at radius 2 is 1.79 bits per heavy atom. The van der Waals surface area contributed by atoms with Crippen molar-refractivity contribution in [3.8, 4) is 5.75 Å². The van der Waals surface area contributed by atoms with E-state index in [9.17, 15) is 26.4 Å². The molecule has 1 atom stereocenters. The third-order valence-corrected chi connectivity index (χ3v) is 5.38. The maximum absolute atomic E-state index is 12.8. The average Bonchev–Trinajstić information content (AvgIpc) is 2.65. The highest BCUT2D eigenvalue weighted by Gasteiger charge is 2.31. The number of amides is 1. The van der Waals surface area contributed by atoms with Crippen LogP contribution in [0.15, 0.2) is 48.5 Å². The molecule has 29 heavy (non-hydrogen) atoms. The van der Waals surface area contributed by atoms with E-state index in [1.165, 1.54) is 38.3 Å². The summed E-state index contributed by atoms with van der Waals surface area (Å²) in [6.07, 6.45) is -3.53. The number of carbonyl (C=O) groups excluding carboxylic acids is 1. The number of ether oxygens (including phenoxy) is 1. The zero-order valence-corrected chi connectivity index (χ0v) is 16.8. The van der Waals surface area contributed by atoms with Crippen LogP contribution in [0.2, 0.25) is 0 Å². The number of sulfonamides is 1. The van der Waals surface area contributed by atoms with Gasteiger partial charge in [0.2, 0.25) is 15.9 Å². The molecule has 2 aromatic rings. The van der Waals surface area contributed by atoms with E-state index >= 15 is 0 Å². The van der Waals surface area contributed by atoms with E-state index in [-0.39, 0.29) is 17.8 Å². The second-order valence-electron chi connectivity index (χ2n) is 6.35. The Hall–Kier alpha value is -2.75. The van der Waals surface area contributed by atoms with Crippen molar-refractivity contribution >= 4 is 21.6 Å². The molecule has 0 saturated heterocycles. The summed E-state index contributed by atoms with van der Waals surface area (Å²) in [5.74, 6) is -0.132. The fraction of sp³-hybridized carbons (Fsp3) is 0.316. The fourth-order valence-corrected chi connectivity index (χ4v) is 3.91. The van der Waals surface area contributed by atoms with Gasteiger partial charge in [-0.2, -0.15) is 13.2 Å². The highest BCUT2D eigenvalue weighted by atomic mass is 32.2. The van der Waals surface area contributed by atoms with Crippen LogP contribution < -0.4 is 14.4 Å². The van der Waals surface area contributed by atoms with Crippen LogP contribution in [0.1, 0.15) is 18.1 Å². The molecular formula is C19H21F3N2O4S. The molecule has 10 heteroatoms. The summed E-state index contributed by atoms with van der Waals surface area (Å²) in [5.41, 5.74) is -0.320. The van der Waals surface area contributed by atoms with Crippen LogP contribution in [0.4, 0.5) is 18.9 Å². The van der Waals surface area contributed by atoms with Crippen molar-refractivity contribution in [3.63, 3.8) is 0 Å². The van der Waals surface area contributed by atoms with Gasteiger partial charge in [-0.05, 0) is 48.9 Å². The average molecular weight is 430 g/mol. The van der Waals surface area contributed by atoms with Crippen LogP contribution in [-0.2, 0) is 27.5 Å². The summed E-state index contributed by atoms with van der Waals surface area (Å²) < 4.78 is 68.9. The molecule has 2 rings (SSSR count). The minimum absolute atomic E-state index is 0.173. The van der Waals surface area contributed by atoms with Crippen LogP contribution in [0.5, 0.6) is 5.75 Å². The first kappa shape index (κ1) is 22.5.